The summed E-state index contributed by atoms with van der Waals surface area (Å²) in [5, 5.41) is 11.9. The first-order valence-corrected chi connectivity index (χ1v) is 9.77. The second-order valence-electron chi connectivity index (χ2n) is 7.17. The van der Waals surface area contributed by atoms with Crippen LogP contribution in [0.4, 0.5) is 0 Å². The van der Waals surface area contributed by atoms with Gasteiger partial charge >= 0.3 is 5.97 Å². The maximum Gasteiger partial charge on any atom is 0.326 e. The Morgan fingerprint density at radius 1 is 1.21 bits per heavy atom. The van der Waals surface area contributed by atoms with Crippen molar-refractivity contribution in [3.05, 3.63) is 35.9 Å². The van der Waals surface area contributed by atoms with E-state index in [2.05, 4.69) is 5.32 Å². The molecule has 1 aromatic rings. The van der Waals surface area contributed by atoms with Crippen molar-refractivity contribution in [1.29, 1.82) is 0 Å². The number of amides is 2. The van der Waals surface area contributed by atoms with Crippen LogP contribution in [-0.4, -0.2) is 59.0 Å². The Hall–Kier alpha value is -2.45. The number of hydrogen-bond donors (Lipinski definition) is 4. The summed E-state index contributed by atoms with van der Waals surface area (Å²) in [4.78, 5) is 38.4. The Morgan fingerprint density at radius 2 is 1.93 bits per heavy atom. The van der Waals surface area contributed by atoms with Gasteiger partial charge in [-0.25, -0.2) is 4.79 Å². The average Bonchev–Trinajstić information content (AvgIpc) is 3.17. The lowest BCUT2D eigenvalue weighted by molar-refractivity contribution is -0.144. The van der Waals surface area contributed by atoms with E-state index in [1.54, 1.807) is 0 Å². The van der Waals surface area contributed by atoms with Crippen LogP contribution in [0.3, 0.4) is 0 Å². The minimum absolute atomic E-state index is 0.281. The lowest BCUT2D eigenvalue weighted by Gasteiger charge is -2.28. The van der Waals surface area contributed by atoms with Crippen molar-refractivity contribution in [2.75, 3.05) is 13.1 Å². The molecule has 1 aliphatic rings. The molecule has 8 nitrogen and oxygen atoms in total. The Bertz CT molecular complexity index is 667. The zero-order chi connectivity index (χ0) is 20.5. The SMILES string of the molecule is NCCCCC(NC(=O)C1CCCN1C(=O)C(N)Cc1ccccc1)C(=O)O. The molecule has 6 N–H and O–H groups in total. The van der Waals surface area contributed by atoms with Crippen LogP contribution in [0.1, 0.15) is 37.7 Å². The molecule has 0 radical (unpaired) electrons. The van der Waals surface area contributed by atoms with E-state index in [-0.39, 0.29) is 5.91 Å². The van der Waals surface area contributed by atoms with E-state index in [1.807, 2.05) is 30.3 Å². The van der Waals surface area contributed by atoms with Crippen LogP contribution in [0, 0.1) is 0 Å². The number of nitrogens with two attached hydrogens (primary N) is 2. The molecule has 3 unspecified atom stereocenters. The Balaban J connectivity index is 1.97. The minimum atomic E-state index is -1.08. The normalized spacial score (nSPS) is 18.5. The predicted molar refractivity (Wildman–Crippen MR) is 105 cm³/mol. The molecule has 2 rings (SSSR count). The van der Waals surface area contributed by atoms with Crippen LogP contribution in [0.25, 0.3) is 0 Å². The predicted octanol–water partition coefficient (Wildman–Crippen LogP) is 0.246. The Kier molecular flexibility index (Phi) is 8.41. The van der Waals surface area contributed by atoms with Crippen LogP contribution >= 0.6 is 0 Å². The zero-order valence-corrected chi connectivity index (χ0v) is 16.0. The molecule has 28 heavy (non-hydrogen) atoms. The van der Waals surface area contributed by atoms with Gasteiger partial charge < -0.3 is 26.8 Å². The zero-order valence-electron chi connectivity index (χ0n) is 16.0. The summed E-state index contributed by atoms with van der Waals surface area (Å²) in [7, 11) is 0. The number of benzene rings is 1. The van der Waals surface area contributed by atoms with Gasteiger partial charge in [-0.2, -0.15) is 0 Å². The van der Waals surface area contributed by atoms with Gasteiger partial charge in [0.15, 0.2) is 0 Å². The number of carboxylic acids is 1. The van der Waals surface area contributed by atoms with Crippen molar-refractivity contribution in [3.63, 3.8) is 0 Å². The van der Waals surface area contributed by atoms with E-state index < -0.39 is 30.0 Å². The first-order chi connectivity index (χ1) is 13.4. The summed E-state index contributed by atoms with van der Waals surface area (Å²) in [5.41, 5.74) is 12.5. The number of unbranched alkanes of at least 4 members (excludes halogenated alkanes) is 1. The molecule has 0 aliphatic carbocycles. The highest BCUT2D eigenvalue weighted by Gasteiger charge is 2.37. The smallest absolute Gasteiger partial charge is 0.326 e. The highest BCUT2D eigenvalue weighted by atomic mass is 16.4. The molecule has 1 heterocycles. The molecule has 1 aliphatic heterocycles. The molecule has 1 saturated heterocycles. The number of aliphatic carboxylic acids is 1. The number of carbonyl (C=O) groups is 3. The molecule has 0 spiro atoms. The first kappa shape index (κ1) is 21.8. The van der Waals surface area contributed by atoms with E-state index in [9.17, 15) is 19.5 Å². The Labute approximate surface area is 165 Å². The van der Waals surface area contributed by atoms with Crippen molar-refractivity contribution in [3.8, 4) is 0 Å². The molecular formula is C20H30N4O4. The molecule has 8 heteroatoms. The van der Waals surface area contributed by atoms with Crippen LogP contribution in [0.2, 0.25) is 0 Å². The summed E-state index contributed by atoms with van der Waals surface area (Å²) in [5.74, 6) is -1.79. The molecule has 2 amide bonds. The van der Waals surface area contributed by atoms with Crippen molar-refractivity contribution >= 4 is 17.8 Å². The van der Waals surface area contributed by atoms with Crippen molar-refractivity contribution in [2.45, 2.75) is 56.7 Å². The first-order valence-electron chi connectivity index (χ1n) is 9.77. The lowest BCUT2D eigenvalue weighted by Crippen LogP contribution is -2.54. The summed E-state index contributed by atoms with van der Waals surface area (Å²) in [6, 6.07) is 7.07. The van der Waals surface area contributed by atoms with E-state index in [1.165, 1.54) is 4.90 Å². The number of rotatable bonds is 10. The van der Waals surface area contributed by atoms with Gasteiger partial charge in [0.25, 0.3) is 0 Å². The van der Waals surface area contributed by atoms with Crippen LogP contribution in [0.5, 0.6) is 0 Å². The third-order valence-electron chi connectivity index (χ3n) is 5.02. The third-order valence-corrected chi connectivity index (χ3v) is 5.02. The topological polar surface area (TPSA) is 139 Å². The van der Waals surface area contributed by atoms with Gasteiger partial charge in [-0.15, -0.1) is 0 Å². The van der Waals surface area contributed by atoms with Crippen molar-refractivity contribution < 1.29 is 19.5 Å². The molecule has 0 aromatic heterocycles. The molecule has 154 valence electrons. The number of likely N-dealkylation sites (tertiary alicyclic amines) is 1. The second-order valence-corrected chi connectivity index (χ2v) is 7.17. The molecule has 0 bridgehead atoms. The van der Waals surface area contributed by atoms with Gasteiger partial charge in [-0.3, -0.25) is 9.59 Å². The fraction of sp³-hybridized carbons (Fsp3) is 0.550. The fourth-order valence-corrected chi connectivity index (χ4v) is 3.49. The standard InChI is InChI=1S/C20H30N4O4/c21-11-5-4-9-16(20(27)28)23-18(25)17-10-6-12-24(17)19(26)15(22)13-14-7-2-1-3-8-14/h1-3,7-8,15-17H,4-6,9-13,21-22H2,(H,23,25)(H,27,28). The fourth-order valence-electron chi connectivity index (χ4n) is 3.49. The van der Waals surface area contributed by atoms with E-state index in [0.717, 1.165) is 5.56 Å². The molecule has 1 aromatic carbocycles. The van der Waals surface area contributed by atoms with E-state index >= 15 is 0 Å². The minimum Gasteiger partial charge on any atom is -0.480 e. The summed E-state index contributed by atoms with van der Waals surface area (Å²) in [6.07, 6.45) is 3.20. The van der Waals surface area contributed by atoms with E-state index in [4.69, 9.17) is 11.5 Å². The summed E-state index contributed by atoms with van der Waals surface area (Å²) >= 11 is 0. The van der Waals surface area contributed by atoms with Gasteiger partial charge in [0.05, 0.1) is 6.04 Å². The summed E-state index contributed by atoms with van der Waals surface area (Å²) in [6.45, 7) is 0.925. The monoisotopic (exact) mass is 390 g/mol. The second kappa shape index (κ2) is 10.8. The number of carboxylic acid groups (broad SMARTS) is 1. The van der Waals surface area contributed by atoms with E-state index in [0.29, 0.717) is 51.6 Å². The number of carbonyl (C=O) groups excluding carboxylic acids is 2. The number of nitrogens with one attached hydrogen (secondary N) is 1. The van der Waals surface area contributed by atoms with Gasteiger partial charge in [-0.05, 0) is 50.6 Å². The maximum absolute atomic E-state index is 12.8. The van der Waals surface area contributed by atoms with Crippen LogP contribution < -0.4 is 16.8 Å². The molecule has 3 atom stereocenters. The number of hydrogen-bond acceptors (Lipinski definition) is 5. The average molecular weight is 390 g/mol. The highest BCUT2D eigenvalue weighted by Crippen LogP contribution is 2.19. The molecule has 0 saturated carbocycles. The largest absolute Gasteiger partial charge is 0.480 e. The summed E-state index contributed by atoms with van der Waals surface area (Å²) < 4.78 is 0. The third kappa shape index (κ3) is 6.03. The highest BCUT2D eigenvalue weighted by molar-refractivity contribution is 5.92. The lowest BCUT2D eigenvalue weighted by atomic mass is 10.0. The number of nitrogens with zero attached hydrogens (tertiary/aromatic N) is 1. The van der Waals surface area contributed by atoms with Gasteiger partial charge in [0, 0.05) is 6.54 Å². The Morgan fingerprint density at radius 3 is 2.57 bits per heavy atom. The van der Waals surface area contributed by atoms with Gasteiger partial charge in [0.2, 0.25) is 11.8 Å². The molecular weight excluding hydrogens is 360 g/mol. The van der Waals surface area contributed by atoms with Crippen LogP contribution in [0.15, 0.2) is 30.3 Å². The van der Waals surface area contributed by atoms with Crippen molar-refractivity contribution in [1.82, 2.24) is 10.2 Å². The van der Waals surface area contributed by atoms with Gasteiger partial charge in [0.1, 0.15) is 12.1 Å². The maximum atomic E-state index is 12.8. The van der Waals surface area contributed by atoms with Gasteiger partial charge in [-0.1, -0.05) is 30.3 Å². The quantitative estimate of drug-likeness (QED) is 0.422. The van der Waals surface area contributed by atoms with Crippen LogP contribution in [-0.2, 0) is 20.8 Å². The molecule has 1 fully saturated rings. The van der Waals surface area contributed by atoms with Crippen molar-refractivity contribution in [2.24, 2.45) is 11.5 Å².